The van der Waals surface area contributed by atoms with E-state index in [-0.39, 0.29) is 11.7 Å². The van der Waals surface area contributed by atoms with Gasteiger partial charge >= 0.3 is 0 Å². The first-order chi connectivity index (χ1) is 11.4. The molecule has 0 amide bonds. The Morgan fingerprint density at radius 3 is 2.58 bits per heavy atom. The Bertz CT molecular complexity index is 820. The van der Waals surface area contributed by atoms with Gasteiger partial charge in [-0.1, -0.05) is 12.1 Å². The third kappa shape index (κ3) is 2.97. The number of benzene rings is 1. The van der Waals surface area contributed by atoms with Gasteiger partial charge < -0.3 is 14.4 Å². The maximum absolute atomic E-state index is 12.0. The number of hydrogen-bond donors (Lipinski definition) is 1. The predicted molar refractivity (Wildman–Crippen MR) is 94.4 cm³/mol. The summed E-state index contributed by atoms with van der Waals surface area (Å²) >= 11 is 0. The van der Waals surface area contributed by atoms with E-state index in [4.69, 9.17) is 4.74 Å². The van der Waals surface area contributed by atoms with Crippen molar-refractivity contribution in [1.82, 2.24) is 9.47 Å². The first kappa shape index (κ1) is 16.7. The molecule has 0 aliphatic carbocycles. The van der Waals surface area contributed by atoms with Crippen molar-refractivity contribution >= 4 is 0 Å². The van der Waals surface area contributed by atoms with Crippen LogP contribution in [0.5, 0.6) is 5.75 Å². The number of likely N-dealkylation sites (tertiary alicyclic amines) is 1. The lowest BCUT2D eigenvalue weighted by Gasteiger charge is -2.36. The number of aliphatic hydroxyl groups is 1. The topological polar surface area (TPSA) is 54.7 Å². The van der Waals surface area contributed by atoms with E-state index in [0.29, 0.717) is 13.1 Å². The standard InChI is InChI=1S/C19H24N2O3/c1-12-7-17(13(2)20(3)19(12)23)14-5-6-15(18(8-14)24-4)9-21-10-16(22)11-21/h5-8,16,22H,9-11H2,1-4H3. The lowest BCUT2D eigenvalue weighted by atomic mass is 9.99. The van der Waals surface area contributed by atoms with Crippen LogP contribution in [0.1, 0.15) is 16.8 Å². The third-order valence-electron chi connectivity index (χ3n) is 4.83. The maximum Gasteiger partial charge on any atom is 0.253 e. The quantitative estimate of drug-likeness (QED) is 0.931. The summed E-state index contributed by atoms with van der Waals surface area (Å²) in [7, 11) is 3.47. The van der Waals surface area contributed by atoms with E-state index in [0.717, 1.165) is 40.2 Å². The number of rotatable bonds is 4. The van der Waals surface area contributed by atoms with Crippen LogP contribution in [-0.4, -0.2) is 40.9 Å². The highest BCUT2D eigenvalue weighted by Gasteiger charge is 2.25. The molecule has 1 aromatic heterocycles. The van der Waals surface area contributed by atoms with E-state index in [1.807, 2.05) is 26.0 Å². The fourth-order valence-electron chi connectivity index (χ4n) is 3.23. The number of pyridine rings is 1. The lowest BCUT2D eigenvalue weighted by Crippen LogP contribution is -2.49. The van der Waals surface area contributed by atoms with Crippen LogP contribution in [0, 0.1) is 13.8 Å². The van der Waals surface area contributed by atoms with Gasteiger partial charge in [-0.3, -0.25) is 9.69 Å². The Balaban J connectivity index is 1.97. The van der Waals surface area contributed by atoms with Crippen molar-refractivity contribution in [2.24, 2.45) is 7.05 Å². The van der Waals surface area contributed by atoms with Crippen LogP contribution in [0.3, 0.4) is 0 Å². The average Bonchev–Trinajstić information content (AvgIpc) is 2.55. The number of nitrogens with zero attached hydrogens (tertiary/aromatic N) is 2. The van der Waals surface area contributed by atoms with Crippen LogP contribution in [0.15, 0.2) is 29.1 Å². The highest BCUT2D eigenvalue weighted by Crippen LogP contribution is 2.30. The van der Waals surface area contributed by atoms with Gasteiger partial charge in [-0.25, -0.2) is 0 Å². The van der Waals surface area contributed by atoms with Gasteiger partial charge in [-0.2, -0.15) is 0 Å². The normalized spacial score (nSPS) is 15.4. The number of β-amino-alcohol motifs (C(OH)–C–C–N with tert-alkyl or cyclic N) is 1. The zero-order chi connectivity index (χ0) is 17.4. The maximum atomic E-state index is 12.0. The zero-order valence-corrected chi connectivity index (χ0v) is 14.7. The molecule has 5 heteroatoms. The molecule has 1 aromatic carbocycles. The Hall–Kier alpha value is -2.11. The van der Waals surface area contributed by atoms with Crippen LogP contribution < -0.4 is 10.3 Å². The summed E-state index contributed by atoms with van der Waals surface area (Å²) in [5, 5.41) is 9.42. The molecule has 2 heterocycles. The van der Waals surface area contributed by atoms with E-state index in [9.17, 15) is 9.90 Å². The summed E-state index contributed by atoms with van der Waals surface area (Å²) in [5.74, 6) is 0.833. The monoisotopic (exact) mass is 328 g/mol. The first-order valence-electron chi connectivity index (χ1n) is 8.15. The number of hydrogen-bond acceptors (Lipinski definition) is 4. The van der Waals surface area contributed by atoms with E-state index < -0.39 is 0 Å². The van der Waals surface area contributed by atoms with Crippen LogP contribution in [0.25, 0.3) is 11.1 Å². The molecule has 1 saturated heterocycles. The fraction of sp³-hybridized carbons (Fsp3) is 0.421. The number of ether oxygens (including phenoxy) is 1. The Morgan fingerprint density at radius 2 is 1.96 bits per heavy atom. The number of aliphatic hydroxyl groups excluding tert-OH is 1. The van der Waals surface area contributed by atoms with E-state index in [2.05, 4.69) is 17.0 Å². The average molecular weight is 328 g/mol. The number of methoxy groups -OCH3 is 1. The lowest BCUT2D eigenvalue weighted by molar-refractivity contribution is -0.00321. The minimum absolute atomic E-state index is 0.0381. The molecule has 0 radical (unpaired) electrons. The van der Waals surface area contributed by atoms with Gasteiger partial charge in [0.15, 0.2) is 0 Å². The minimum atomic E-state index is -0.202. The summed E-state index contributed by atoms with van der Waals surface area (Å²) < 4.78 is 7.26. The summed E-state index contributed by atoms with van der Waals surface area (Å²) in [6, 6.07) is 8.11. The molecule has 128 valence electrons. The van der Waals surface area contributed by atoms with Gasteiger partial charge in [0, 0.05) is 49.1 Å². The van der Waals surface area contributed by atoms with Crippen molar-refractivity contribution in [3.05, 3.63) is 51.4 Å². The predicted octanol–water partition coefficient (Wildman–Crippen LogP) is 1.85. The smallest absolute Gasteiger partial charge is 0.253 e. The molecule has 0 unspecified atom stereocenters. The molecule has 0 saturated carbocycles. The summed E-state index contributed by atoms with van der Waals surface area (Å²) in [6.07, 6.45) is -0.202. The Labute approximate surface area is 142 Å². The van der Waals surface area contributed by atoms with Crippen LogP contribution >= 0.6 is 0 Å². The van der Waals surface area contributed by atoms with Crippen LogP contribution in [0.2, 0.25) is 0 Å². The summed E-state index contributed by atoms with van der Waals surface area (Å²) in [5.41, 5.74) is 4.89. The molecule has 1 aliphatic heterocycles. The molecule has 1 fully saturated rings. The van der Waals surface area contributed by atoms with Gasteiger partial charge in [0.2, 0.25) is 0 Å². The Kier molecular flexibility index (Phi) is 4.47. The van der Waals surface area contributed by atoms with Crippen LogP contribution in [-0.2, 0) is 13.6 Å². The van der Waals surface area contributed by atoms with E-state index in [1.54, 1.807) is 18.7 Å². The molecule has 0 atom stereocenters. The van der Waals surface area contributed by atoms with Crippen molar-refractivity contribution in [2.45, 2.75) is 26.5 Å². The molecule has 0 bridgehead atoms. The minimum Gasteiger partial charge on any atom is -0.496 e. The molecular weight excluding hydrogens is 304 g/mol. The van der Waals surface area contributed by atoms with Gasteiger partial charge in [0.05, 0.1) is 13.2 Å². The number of aryl methyl sites for hydroxylation is 1. The first-order valence-corrected chi connectivity index (χ1v) is 8.15. The highest BCUT2D eigenvalue weighted by atomic mass is 16.5. The molecule has 2 aromatic rings. The van der Waals surface area contributed by atoms with Gasteiger partial charge in [0.25, 0.3) is 5.56 Å². The second-order valence-electron chi connectivity index (χ2n) is 6.57. The summed E-state index contributed by atoms with van der Waals surface area (Å²) in [6.45, 7) is 5.99. The van der Waals surface area contributed by atoms with Gasteiger partial charge in [0.1, 0.15) is 5.75 Å². The second-order valence-corrected chi connectivity index (χ2v) is 6.57. The molecule has 1 N–H and O–H groups in total. The highest BCUT2D eigenvalue weighted by molar-refractivity contribution is 5.69. The van der Waals surface area contributed by atoms with Crippen molar-refractivity contribution < 1.29 is 9.84 Å². The third-order valence-corrected chi connectivity index (χ3v) is 4.83. The SMILES string of the molecule is COc1cc(-c2cc(C)c(=O)n(C)c2C)ccc1CN1CC(O)C1. The largest absolute Gasteiger partial charge is 0.496 e. The van der Waals surface area contributed by atoms with Crippen molar-refractivity contribution in [3.8, 4) is 16.9 Å². The van der Waals surface area contributed by atoms with Gasteiger partial charge in [-0.05, 0) is 31.5 Å². The molecule has 0 spiro atoms. The summed E-state index contributed by atoms with van der Waals surface area (Å²) in [4.78, 5) is 14.2. The van der Waals surface area contributed by atoms with E-state index in [1.165, 1.54) is 0 Å². The van der Waals surface area contributed by atoms with Crippen molar-refractivity contribution in [2.75, 3.05) is 20.2 Å². The van der Waals surface area contributed by atoms with Crippen molar-refractivity contribution in [1.29, 1.82) is 0 Å². The fourth-order valence-corrected chi connectivity index (χ4v) is 3.23. The van der Waals surface area contributed by atoms with Crippen molar-refractivity contribution in [3.63, 3.8) is 0 Å². The molecular formula is C19H24N2O3. The van der Waals surface area contributed by atoms with E-state index >= 15 is 0 Å². The van der Waals surface area contributed by atoms with Gasteiger partial charge in [-0.15, -0.1) is 0 Å². The van der Waals surface area contributed by atoms with Crippen LogP contribution in [0.4, 0.5) is 0 Å². The second kappa shape index (κ2) is 6.42. The molecule has 24 heavy (non-hydrogen) atoms. The molecule has 3 rings (SSSR count). The zero-order valence-electron chi connectivity index (χ0n) is 14.7. The Morgan fingerprint density at radius 1 is 1.25 bits per heavy atom. The molecule has 1 aliphatic rings. The molecule has 5 nitrogen and oxygen atoms in total. The number of aromatic nitrogens is 1.